The van der Waals surface area contributed by atoms with Gasteiger partial charge in [-0.2, -0.15) is 0 Å². The predicted octanol–water partition coefficient (Wildman–Crippen LogP) is 1.18. The van der Waals surface area contributed by atoms with Crippen molar-refractivity contribution in [1.29, 1.82) is 0 Å². The highest BCUT2D eigenvalue weighted by molar-refractivity contribution is 6.45. The van der Waals surface area contributed by atoms with Crippen molar-refractivity contribution in [1.82, 2.24) is 5.23 Å². The molecular weight excluding hydrogens is 247 g/mol. The van der Waals surface area contributed by atoms with Gasteiger partial charge < -0.3 is 15.0 Å². The van der Waals surface area contributed by atoms with Crippen molar-refractivity contribution >= 4 is 19.0 Å². The van der Waals surface area contributed by atoms with E-state index in [1.165, 1.54) is 12.1 Å². The third-order valence-corrected chi connectivity index (χ3v) is 2.75. The van der Waals surface area contributed by atoms with Crippen molar-refractivity contribution in [3.63, 3.8) is 0 Å². The molecular formula is C12H17BN2O4. The molecule has 0 saturated carbocycles. The molecule has 0 saturated heterocycles. The number of non-ortho nitro benzene ring substituents is 1. The molecule has 0 amide bonds. The number of hydrogen-bond acceptors (Lipinski definition) is 5. The second-order valence-electron chi connectivity index (χ2n) is 4.40. The molecule has 1 aromatic rings. The van der Waals surface area contributed by atoms with Gasteiger partial charge in [-0.3, -0.25) is 10.1 Å². The molecule has 7 heteroatoms. The van der Waals surface area contributed by atoms with Gasteiger partial charge in [-0.15, -0.1) is 0 Å². The third kappa shape index (κ3) is 5.63. The van der Waals surface area contributed by atoms with Gasteiger partial charge in [-0.1, -0.05) is 12.1 Å². The van der Waals surface area contributed by atoms with E-state index in [2.05, 4.69) is 5.23 Å². The molecule has 1 aromatic carbocycles. The maximum atomic E-state index is 10.8. The zero-order valence-electron chi connectivity index (χ0n) is 10.8. The summed E-state index contributed by atoms with van der Waals surface area (Å²) < 4.78 is 0. The minimum Gasteiger partial charge on any atom is -0.437 e. The molecule has 6 nitrogen and oxygen atoms in total. The fourth-order valence-electron chi connectivity index (χ4n) is 1.81. The van der Waals surface area contributed by atoms with E-state index in [9.17, 15) is 14.9 Å². The maximum absolute atomic E-state index is 10.8. The van der Waals surface area contributed by atoms with Crippen LogP contribution in [0.3, 0.4) is 0 Å². The Kier molecular flexibility index (Phi) is 6.18. The van der Waals surface area contributed by atoms with Crippen LogP contribution in [0.4, 0.5) is 5.69 Å². The van der Waals surface area contributed by atoms with E-state index in [1.807, 2.05) is 0 Å². The van der Waals surface area contributed by atoms with E-state index >= 15 is 0 Å². The van der Waals surface area contributed by atoms with Crippen molar-refractivity contribution in [3.8, 4) is 0 Å². The fourth-order valence-corrected chi connectivity index (χ4v) is 1.81. The minimum absolute atomic E-state index is 0.0743. The molecule has 1 rings (SSSR count). The number of carbonyl (C=O) groups excluding carboxylic acids is 1. The Labute approximate surface area is 112 Å². The lowest BCUT2D eigenvalue weighted by molar-refractivity contribution is -0.384. The number of benzene rings is 1. The minimum atomic E-state index is -0.713. The molecule has 0 fully saturated rings. The molecule has 0 aromatic heterocycles. The average molecular weight is 264 g/mol. The van der Waals surface area contributed by atoms with Gasteiger partial charge in [-0.05, 0) is 31.6 Å². The summed E-state index contributed by atoms with van der Waals surface area (Å²) in [7, 11) is -0.713. The lowest BCUT2D eigenvalue weighted by atomic mass is 9.86. The highest BCUT2D eigenvalue weighted by Crippen LogP contribution is 2.13. The highest BCUT2D eigenvalue weighted by Gasteiger charge is 2.12. The molecule has 1 atom stereocenters. The van der Waals surface area contributed by atoms with E-state index in [0.717, 1.165) is 24.7 Å². The van der Waals surface area contributed by atoms with E-state index < -0.39 is 12.0 Å². The van der Waals surface area contributed by atoms with Crippen LogP contribution in [0.5, 0.6) is 0 Å². The lowest BCUT2D eigenvalue weighted by Gasteiger charge is -2.12. The number of hydrogen-bond donors (Lipinski definition) is 2. The van der Waals surface area contributed by atoms with E-state index in [4.69, 9.17) is 5.02 Å². The van der Waals surface area contributed by atoms with Gasteiger partial charge in [-0.25, -0.2) is 0 Å². The topological polar surface area (TPSA) is 92.5 Å². The second-order valence-corrected chi connectivity index (χ2v) is 4.40. The standard InChI is InChI=1S/C12H17BN2O4/c1-13(17)14-11(9-16)4-2-3-10-5-7-12(8-6-10)15(18)19/h5-9,11,14,17H,2-4H2,1H3. The Morgan fingerprint density at radius 2 is 2.11 bits per heavy atom. The zero-order valence-corrected chi connectivity index (χ0v) is 10.8. The van der Waals surface area contributed by atoms with Crippen LogP contribution in [-0.2, 0) is 11.2 Å². The van der Waals surface area contributed by atoms with Crippen LogP contribution in [0.25, 0.3) is 0 Å². The van der Waals surface area contributed by atoms with Gasteiger partial charge in [0.25, 0.3) is 5.69 Å². The molecule has 0 aliphatic heterocycles. The summed E-state index contributed by atoms with van der Waals surface area (Å²) in [6.07, 6.45) is 2.90. The molecule has 2 N–H and O–H groups in total. The van der Waals surface area contributed by atoms with Crippen molar-refractivity contribution in [3.05, 3.63) is 39.9 Å². The first kappa shape index (κ1) is 15.3. The van der Waals surface area contributed by atoms with Crippen molar-refractivity contribution < 1.29 is 14.7 Å². The van der Waals surface area contributed by atoms with Gasteiger partial charge >= 0.3 is 7.05 Å². The van der Waals surface area contributed by atoms with E-state index in [-0.39, 0.29) is 11.7 Å². The van der Waals surface area contributed by atoms with Gasteiger partial charge in [0, 0.05) is 12.1 Å². The summed E-state index contributed by atoms with van der Waals surface area (Å²) in [6.45, 7) is 1.56. The fraction of sp³-hybridized carbons (Fsp3) is 0.417. The van der Waals surface area contributed by atoms with Crippen molar-refractivity contribution in [2.45, 2.75) is 32.1 Å². The Bertz CT molecular complexity index is 422. The number of carbonyl (C=O) groups is 1. The Hall–Kier alpha value is -1.73. The van der Waals surface area contributed by atoms with Gasteiger partial charge in [0.05, 0.1) is 11.0 Å². The summed E-state index contributed by atoms with van der Waals surface area (Å²) in [4.78, 5) is 20.8. The van der Waals surface area contributed by atoms with Crippen LogP contribution in [-0.4, -0.2) is 29.3 Å². The molecule has 0 heterocycles. The van der Waals surface area contributed by atoms with Crippen LogP contribution >= 0.6 is 0 Å². The molecule has 0 aliphatic rings. The quantitative estimate of drug-likeness (QED) is 0.318. The van der Waals surface area contributed by atoms with Crippen LogP contribution in [0, 0.1) is 10.1 Å². The van der Waals surface area contributed by atoms with Crippen molar-refractivity contribution in [2.75, 3.05) is 0 Å². The molecule has 1 unspecified atom stereocenters. The average Bonchev–Trinajstić information content (AvgIpc) is 2.37. The molecule has 0 radical (unpaired) electrons. The molecule has 0 aliphatic carbocycles. The van der Waals surface area contributed by atoms with Crippen LogP contribution in [0.15, 0.2) is 24.3 Å². The Balaban J connectivity index is 2.39. The highest BCUT2D eigenvalue weighted by atomic mass is 16.6. The van der Waals surface area contributed by atoms with Crippen LogP contribution in [0.1, 0.15) is 18.4 Å². The number of aldehydes is 1. The first-order valence-electron chi connectivity index (χ1n) is 6.15. The van der Waals surface area contributed by atoms with Gasteiger partial charge in [0.1, 0.15) is 6.29 Å². The van der Waals surface area contributed by atoms with Crippen LogP contribution in [0.2, 0.25) is 6.82 Å². The number of aryl methyl sites for hydroxylation is 1. The molecule has 102 valence electrons. The Morgan fingerprint density at radius 1 is 1.47 bits per heavy atom. The number of rotatable bonds is 8. The second kappa shape index (κ2) is 7.65. The summed E-state index contributed by atoms with van der Waals surface area (Å²) in [6, 6.07) is 6.02. The van der Waals surface area contributed by atoms with E-state index in [1.54, 1.807) is 19.0 Å². The normalized spacial score (nSPS) is 11.9. The van der Waals surface area contributed by atoms with Gasteiger partial charge in [0.15, 0.2) is 0 Å². The number of nitrogens with zero attached hydrogens (tertiary/aromatic N) is 1. The summed E-state index contributed by atoms with van der Waals surface area (Å²) in [5.74, 6) is 0. The lowest BCUT2D eigenvalue weighted by Crippen LogP contribution is -2.40. The van der Waals surface area contributed by atoms with Crippen LogP contribution < -0.4 is 5.23 Å². The first-order chi connectivity index (χ1) is 9.02. The largest absolute Gasteiger partial charge is 0.437 e. The molecule has 0 bridgehead atoms. The summed E-state index contributed by atoms with van der Waals surface area (Å²) >= 11 is 0. The summed E-state index contributed by atoms with van der Waals surface area (Å²) in [5.41, 5.74) is 1.07. The smallest absolute Gasteiger partial charge is 0.374 e. The molecule has 19 heavy (non-hydrogen) atoms. The number of nitrogens with one attached hydrogen (secondary N) is 1. The van der Waals surface area contributed by atoms with Crippen molar-refractivity contribution in [2.24, 2.45) is 0 Å². The Morgan fingerprint density at radius 3 is 2.58 bits per heavy atom. The predicted molar refractivity (Wildman–Crippen MR) is 72.9 cm³/mol. The maximum Gasteiger partial charge on any atom is 0.374 e. The SMILES string of the molecule is CB(O)NC(C=O)CCCc1ccc([N+](=O)[O-])cc1. The number of nitro benzene ring substituents is 1. The van der Waals surface area contributed by atoms with Gasteiger partial charge in [0.2, 0.25) is 0 Å². The van der Waals surface area contributed by atoms with E-state index in [0.29, 0.717) is 6.42 Å². The summed E-state index contributed by atoms with van der Waals surface area (Å²) in [5, 5.41) is 22.3. The third-order valence-electron chi connectivity index (χ3n) is 2.75. The molecule has 0 spiro atoms. The first-order valence-corrected chi connectivity index (χ1v) is 6.15. The monoisotopic (exact) mass is 264 g/mol. The number of nitro groups is 1. The zero-order chi connectivity index (χ0) is 14.3.